The summed E-state index contributed by atoms with van der Waals surface area (Å²) in [6, 6.07) is 12.9. The van der Waals surface area contributed by atoms with E-state index in [1.165, 1.54) is 0 Å². The van der Waals surface area contributed by atoms with E-state index in [0.717, 1.165) is 24.8 Å². The van der Waals surface area contributed by atoms with Crippen molar-refractivity contribution in [2.24, 2.45) is 0 Å². The van der Waals surface area contributed by atoms with E-state index in [9.17, 15) is 0 Å². The first-order valence-electron chi connectivity index (χ1n) is 10.2. The lowest BCUT2D eigenvalue weighted by molar-refractivity contribution is -0.223. The molecular formula is C23H23Cl3N2O3. The molecule has 1 saturated heterocycles. The van der Waals surface area contributed by atoms with Crippen LogP contribution in [0.15, 0.2) is 61.2 Å². The van der Waals surface area contributed by atoms with E-state index in [1.807, 2.05) is 41.1 Å². The number of imidazole rings is 1. The fraction of sp³-hybridized carbons (Fsp3) is 0.348. The summed E-state index contributed by atoms with van der Waals surface area (Å²) < 4.78 is 20.4. The molecule has 1 aromatic heterocycles. The maximum atomic E-state index is 6.48. The highest BCUT2D eigenvalue weighted by atomic mass is 35.5. The SMILES string of the molecule is Clc1ccc(C(Cn2ccnc2)O[C@H]2CCC[C@H](COc3ccccc3Cl)O2)c(Cl)c1. The molecule has 8 heteroatoms. The molecule has 0 aliphatic carbocycles. The van der Waals surface area contributed by atoms with Gasteiger partial charge in [0.15, 0.2) is 6.29 Å². The predicted molar refractivity (Wildman–Crippen MR) is 122 cm³/mol. The molecule has 0 N–H and O–H groups in total. The van der Waals surface area contributed by atoms with Gasteiger partial charge in [-0.15, -0.1) is 0 Å². The van der Waals surface area contributed by atoms with E-state index in [1.54, 1.807) is 24.7 Å². The molecule has 0 amide bonds. The van der Waals surface area contributed by atoms with Gasteiger partial charge < -0.3 is 18.8 Å². The minimum atomic E-state index is -0.367. The second-order valence-electron chi connectivity index (χ2n) is 7.41. The molecule has 4 rings (SSSR count). The molecule has 31 heavy (non-hydrogen) atoms. The highest BCUT2D eigenvalue weighted by Gasteiger charge is 2.28. The third-order valence-electron chi connectivity index (χ3n) is 5.13. The van der Waals surface area contributed by atoms with Crippen LogP contribution in [0.2, 0.25) is 15.1 Å². The van der Waals surface area contributed by atoms with Gasteiger partial charge in [0.1, 0.15) is 18.5 Å². The molecule has 5 nitrogen and oxygen atoms in total. The summed E-state index contributed by atoms with van der Waals surface area (Å²) in [4.78, 5) is 4.12. The average Bonchev–Trinajstić information content (AvgIpc) is 3.26. The second-order valence-corrected chi connectivity index (χ2v) is 8.66. The van der Waals surface area contributed by atoms with Crippen molar-refractivity contribution in [2.75, 3.05) is 6.61 Å². The number of ether oxygens (including phenoxy) is 3. The van der Waals surface area contributed by atoms with Crippen molar-refractivity contribution in [3.05, 3.63) is 81.8 Å². The van der Waals surface area contributed by atoms with Crippen molar-refractivity contribution in [2.45, 2.75) is 44.3 Å². The number of hydrogen-bond acceptors (Lipinski definition) is 4. The molecule has 1 fully saturated rings. The molecule has 1 unspecified atom stereocenters. The molecule has 1 aliphatic heterocycles. The van der Waals surface area contributed by atoms with Gasteiger partial charge in [-0.05, 0) is 43.5 Å². The van der Waals surface area contributed by atoms with Gasteiger partial charge in [-0.1, -0.05) is 53.0 Å². The molecule has 2 heterocycles. The quantitative estimate of drug-likeness (QED) is 0.365. The molecule has 0 saturated carbocycles. The Kier molecular flexibility index (Phi) is 7.75. The Labute approximate surface area is 196 Å². The first-order valence-corrected chi connectivity index (χ1v) is 11.3. The van der Waals surface area contributed by atoms with Crippen LogP contribution in [-0.2, 0) is 16.0 Å². The monoisotopic (exact) mass is 480 g/mol. The molecule has 164 valence electrons. The van der Waals surface area contributed by atoms with Crippen molar-refractivity contribution in [3.8, 4) is 5.75 Å². The molecule has 1 aliphatic rings. The fourth-order valence-corrected chi connectivity index (χ4v) is 4.30. The normalized spacial score (nSPS) is 19.8. The summed E-state index contributed by atoms with van der Waals surface area (Å²) in [5.41, 5.74) is 0.859. The largest absolute Gasteiger partial charge is 0.489 e. The van der Waals surface area contributed by atoms with Crippen molar-refractivity contribution in [1.29, 1.82) is 0 Å². The van der Waals surface area contributed by atoms with Crippen LogP contribution in [-0.4, -0.2) is 28.6 Å². The number of halogens is 3. The van der Waals surface area contributed by atoms with Crippen LogP contribution >= 0.6 is 34.8 Å². The van der Waals surface area contributed by atoms with Gasteiger partial charge in [-0.25, -0.2) is 4.98 Å². The number of nitrogens with zero attached hydrogens (tertiary/aromatic N) is 2. The van der Waals surface area contributed by atoms with Gasteiger partial charge in [0, 0.05) is 28.0 Å². The van der Waals surface area contributed by atoms with Crippen molar-refractivity contribution < 1.29 is 14.2 Å². The molecule has 3 atom stereocenters. The summed E-state index contributed by atoms with van der Waals surface area (Å²) >= 11 is 18.7. The summed E-state index contributed by atoms with van der Waals surface area (Å²) in [7, 11) is 0. The summed E-state index contributed by atoms with van der Waals surface area (Å²) in [5.74, 6) is 0.654. The highest BCUT2D eigenvalue weighted by molar-refractivity contribution is 6.35. The Bertz CT molecular complexity index is 984. The maximum absolute atomic E-state index is 6.48. The average molecular weight is 482 g/mol. The van der Waals surface area contributed by atoms with Crippen LogP contribution in [0.1, 0.15) is 30.9 Å². The van der Waals surface area contributed by atoms with Crippen LogP contribution in [0.25, 0.3) is 0 Å². The van der Waals surface area contributed by atoms with E-state index in [2.05, 4.69) is 4.98 Å². The summed E-state index contributed by atoms with van der Waals surface area (Å²) in [6.07, 6.45) is 7.30. The predicted octanol–water partition coefficient (Wildman–Crippen LogP) is 6.58. The van der Waals surface area contributed by atoms with Crippen LogP contribution in [0.3, 0.4) is 0 Å². The summed E-state index contributed by atoms with van der Waals surface area (Å²) in [6.45, 7) is 0.972. The smallest absolute Gasteiger partial charge is 0.159 e. The van der Waals surface area contributed by atoms with Gasteiger partial charge in [0.05, 0.1) is 24.0 Å². The third kappa shape index (κ3) is 6.15. The Balaban J connectivity index is 1.42. The Morgan fingerprint density at radius 1 is 1.10 bits per heavy atom. The number of rotatable bonds is 8. The summed E-state index contributed by atoms with van der Waals surface area (Å²) in [5, 5.41) is 1.73. The van der Waals surface area contributed by atoms with Gasteiger partial charge in [-0.2, -0.15) is 0 Å². The van der Waals surface area contributed by atoms with Gasteiger partial charge >= 0.3 is 0 Å². The number of hydrogen-bond donors (Lipinski definition) is 0. The van der Waals surface area contributed by atoms with E-state index in [-0.39, 0.29) is 18.5 Å². The lowest BCUT2D eigenvalue weighted by Gasteiger charge is -2.33. The first-order chi connectivity index (χ1) is 15.1. The van der Waals surface area contributed by atoms with Crippen LogP contribution in [0.5, 0.6) is 5.75 Å². The zero-order valence-electron chi connectivity index (χ0n) is 16.8. The number of aromatic nitrogens is 2. The molecule has 0 bridgehead atoms. The fourth-order valence-electron chi connectivity index (χ4n) is 3.58. The topological polar surface area (TPSA) is 45.5 Å². The minimum Gasteiger partial charge on any atom is -0.489 e. The number of benzene rings is 2. The molecule has 3 aromatic rings. The molecule has 0 spiro atoms. The van der Waals surface area contributed by atoms with Crippen LogP contribution in [0, 0.1) is 0 Å². The Morgan fingerprint density at radius 2 is 1.97 bits per heavy atom. The number of para-hydroxylation sites is 1. The maximum Gasteiger partial charge on any atom is 0.159 e. The molecule has 2 aromatic carbocycles. The van der Waals surface area contributed by atoms with Crippen molar-refractivity contribution in [3.63, 3.8) is 0 Å². The van der Waals surface area contributed by atoms with E-state index >= 15 is 0 Å². The lowest BCUT2D eigenvalue weighted by atomic mass is 10.1. The highest BCUT2D eigenvalue weighted by Crippen LogP contribution is 2.33. The molecule has 0 radical (unpaired) electrons. The standard InChI is InChI=1S/C23H23Cl3N2O3/c24-16-8-9-18(20(26)12-16)22(13-28-11-10-27-15-28)31-23-7-3-4-17(30-23)14-29-21-6-2-1-5-19(21)25/h1-2,5-6,8-12,15,17,22-23H,3-4,7,13-14H2/t17-,22?,23+/m1/s1. The van der Waals surface area contributed by atoms with E-state index in [0.29, 0.717) is 34.0 Å². The Morgan fingerprint density at radius 3 is 2.74 bits per heavy atom. The van der Waals surface area contributed by atoms with Crippen LogP contribution in [0.4, 0.5) is 0 Å². The minimum absolute atomic E-state index is 0.0791. The van der Waals surface area contributed by atoms with E-state index in [4.69, 9.17) is 49.0 Å². The van der Waals surface area contributed by atoms with Crippen LogP contribution < -0.4 is 4.74 Å². The zero-order valence-corrected chi connectivity index (χ0v) is 19.1. The van der Waals surface area contributed by atoms with Gasteiger partial charge in [0.2, 0.25) is 0 Å². The van der Waals surface area contributed by atoms with Gasteiger partial charge in [0.25, 0.3) is 0 Å². The first kappa shape index (κ1) is 22.4. The molecular weight excluding hydrogens is 459 g/mol. The second kappa shape index (κ2) is 10.7. The third-order valence-corrected chi connectivity index (χ3v) is 6.01. The van der Waals surface area contributed by atoms with Crippen molar-refractivity contribution >= 4 is 34.8 Å². The van der Waals surface area contributed by atoms with Gasteiger partial charge in [-0.3, -0.25) is 0 Å². The van der Waals surface area contributed by atoms with E-state index < -0.39 is 0 Å². The zero-order chi connectivity index (χ0) is 21.6. The van der Waals surface area contributed by atoms with Crippen molar-refractivity contribution in [1.82, 2.24) is 9.55 Å². The lowest BCUT2D eigenvalue weighted by Crippen LogP contribution is -2.35. The Hall–Kier alpha value is -1.76.